The molecule has 6 heavy (non-hydrogen) atoms. The van der Waals surface area contributed by atoms with Gasteiger partial charge >= 0.3 is 6.09 Å². The van der Waals surface area contributed by atoms with E-state index in [0.717, 1.165) is 0 Å². The molecule has 0 atom stereocenters. The fraction of sp³-hybridized carbons (Fsp3) is 0. The minimum Gasteiger partial charge on any atom is -0.465 e. The van der Waals surface area contributed by atoms with Crippen molar-refractivity contribution in [3.8, 4) is 0 Å². The molecule has 6 radical (unpaired) electrons. The molecule has 0 aliphatic rings. The van der Waals surface area contributed by atoms with Crippen molar-refractivity contribution in [3.63, 3.8) is 0 Å². The molecule has 0 unspecified atom stereocenters. The summed E-state index contributed by atoms with van der Waals surface area (Å²) in [5.41, 5.74) is 4.03. The summed E-state index contributed by atoms with van der Waals surface area (Å²) >= 11 is 0. The molecule has 0 saturated heterocycles. The van der Waals surface area contributed by atoms with Gasteiger partial charge in [0.15, 0.2) is 0 Å². The summed E-state index contributed by atoms with van der Waals surface area (Å²) in [4.78, 5) is 8.78. The van der Waals surface area contributed by atoms with Gasteiger partial charge in [0.05, 0.1) is 0 Å². The highest BCUT2D eigenvalue weighted by atomic mass is 16.4. The maximum Gasteiger partial charge on any atom is 0.402 e. The SMILES string of the molecule is NC(=O)O.[C].[O]. The quantitative estimate of drug-likeness (QED) is 0.422. The molecular weight excluding hydrogens is 86.0 g/mol. The van der Waals surface area contributed by atoms with Gasteiger partial charge in [-0.3, -0.25) is 0 Å². The summed E-state index contributed by atoms with van der Waals surface area (Å²) in [5, 5.41) is 7.19. The molecule has 0 fully saturated rings. The van der Waals surface area contributed by atoms with Crippen LogP contribution in [0.4, 0.5) is 4.79 Å². The Hall–Kier alpha value is -0.770. The third-order valence-corrected chi connectivity index (χ3v) is 0. The fourth-order valence-electron chi connectivity index (χ4n) is 0. The van der Waals surface area contributed by atoms with Crippen LogP contribution in [-0.2, 0) is 5.48 Å². The maximum atomic E-state index is 8.78. The van der Waals surface area contributed by atoms with Gasteiger partial charge in [-0.05, 0) is 0 Å². The minimum atomic E-state index is -1.33. The Bertz CT molecular complexity index is 31.8. The van der Waals surface area contributed by atoms with Gasteiger partial charge in [0.25, 0.3) is 0 Å². The topological polar surface area (TPSA) is 91.8 Å². The van der Waals surface area contributed by atoms with E-state index < -0.39 is 6.09 Å². The first-order chi connectivity index (χ1) is 1.73. The van der Waals surface area contributed by atoms with E-state index in [1.165, 1.54) is 0 Å². The number of hydrogen-bond acceptors (Lipinski definition) is 1. The molecule has 0 aliphatic carbocycles. The molecule has 0 aliphatic heterocycles. The van der Waals surface area contributed by atoms with Gasteiger partial charge in [-0.1, -0.05) is 0 Å². The monoisotopic (exact) mass is 89.0 g/mol. The molecule has 4 nitrogen and oxygen atoms in total. The third-order valence-electron chi connectivity index (χ3n) is 0. The Morgan fingerprint density at radius 2 is 1.67 bits per heavy atom. The van der Waals surface area contributed by atoms with Crippen molar-refractivity contribution < 1.29 is 15.4 Å². The summed E-state index contributed by atoms with van der Waals surface area (Å²) in [6.07, 6.45) is -1.33. The zero-order chi connectivity index (χ0) is 3.58. The number of carbonyl (C=O) groups is 1. The first-order valence-corrected chi connectivity index (χ1v) is 0.716. The summed E-state index contributed by atoms with van der Waals surface area (Å²) < 4.78 is 0. The molecule has 4 heteroatoms. The molecule has 0 spiro atoms. The van der Waals surface area contributed by atoms with Gasteiger partial charge < -0.3 is 10.8 Å². The average molecular weight is 89.0 g/mol. The molecular formula is C2H3NO3. The number of hydrogen-bond donors (Lipinski definition) is 2. The average Bonchev–Trinajstić information content (AvgIpc) is 0.811. The van der Waals surface area contributed by atoms with Crippen molar-refractivity contribution in [1.29, 1.82) is 0 Å². The number of rotatable bonds is 0. The molecule has 0 aromatic rings. The molecule has 0 aromatic carbocycles. The van der Waals surface area contributed by atoms with Crippen LogP contribution in [0.3, 0.4) is 0 Å². The van der Waals surface area contributed by atoms with Crippen LogP contribution in [0.15, 0.2) is 0 Å². The standard InChI is InChI=1S/CH3NO2.C.O/c2-1(3)4;;/h2H2,(H,3,4);;. The van der Waals surface area contributed by atoms with Crippen molar-refractivity contribution in [2.75, 3.05) is 0 Å². The molecule has 0 saturated carbocycles. The fourth-order valence-corrected chi connectivity index (χ4v) is 0. The van der Waals surface area contributed by atoms with Crippen molar-refractivity contribution in [2.24, 2.45) is 5.73 Å². The first-order valence-electron chi connectivity index (χ1n) is 0.716. The van der Waals surface area contributed by atoms with Crippen LogP contribution in [0.1, 0.15) is 0 Å². The normalized spacial score (nSPS) is 4.00. The lowest BCUT2D eigenvalue weighted by molar-refractivity contribution is 0.205. The summed E-state index contributed by atoms with van der Waals surface area (Å²) in [7, 11) is 0. The Kier molecular flexibility index (Phi) is 27.8. The molecule has 0 aromatic heterocycles. The van der Waals surface area contributed by atoms with Crippen LogP contribution in [-0.4, -0.2) is 11.2 Å². The van der Waals surface area contributed by atoms with E-state index >= 15 is 0 Å². The second-order valence-electron chi connectivity index (χ2n) is 0.338. The van der Waals surface area contributed by atoms with Crippen LogP contribution >= 0.6 is 0 Å². The Morgan fingerprint density at radius 3 is 1.67 bits per heavy atom. The minimum absolute atomic E-state index is 0. The first kappa shape index (κ1) is 18.8. The molecule has 3 N–H and O–H groups in total. The van der Waals surface area contributed by atoms with E-state index in [4.69, 9.17) is 9.90 Å². The van der Waals surface area contributed by atoms with Gasteiger partial charge in [0.2, 0.25) is 0 Å². The smallest absolute Gasteiger partial charge is 0.402 e. The van der Waals surface area contributed by atoms with Crippen molar-refractivity contribution >= 4 is 6.09 Å². The van der Waals surface area contributed by atoms with Gasteiger partial charge in [0.1, 0.15) is 0 Å². The predicted molar refractivity (Wildman–Crippen MR) is 16.1 cm³/mol. The van der Waals surface area contributed by atoms with Gasteiger partial charge in [-0.15, -0.1) is 0 Å². The van der Waals surface area contributed by atoms with Crippen LogP contribution in [0.5, 0.6) is 0 Å². The van der Waals surface area contributed by atoms with Crippen molar-refractivity contribution in [1.82, 2.24) is 0 Å². The number of nitrogens with two attached hydrogens (primary N) is 1. The highest BCUT2D eigenvalue weighted by Gasteiger charge is 1.65. The van der Waals surface area contributed by atoms with Crippen LogP contribution < -0.4 is 5.73 Å². The zero-order valence-electron chi connectivity index (χ0n) is 2.84. The van der Waals surface area contributed by atoms with E-state index in [1.54, 1.807) is 0 Å². The largest absolute Gasteiger partial charge is 0.465 e. The van der Waals surface area contributed by atoms with Gasteiger partial charge in [-0.2, -0.15) is 0 Å². The Balaban J connectivity index is -0.0000000450. The van der Waals surface area contributed by atoms with Crippen LogP contribution in [0.2, 0.25) is 0 Å². The highest BCUT2D eigenvalue weighted by molar-refractivity contribution is 5.61. The van der Waals surface area contributed by atoms with E-state index in [9.17, 15) is 0 Å². The third kappa shape index (κ3) is 27.1. The molecule has 34 valence electrons. The second kappa shape index (κ2) is 8.87. The predicted octanol–water partition coefficient (Wildman–Crippen LogP) is -0.414. The van der Waals surface area contributed by atoms with E-state index in [0.29, 0.717) is 0 Å². The van der Waals surface area contributed by atoms with E-state index in [2.05, 4.69) is 5.73 Å². The van der Waals surface area contributed by atoms with Crippen molar-refractivity contribution in [2.45, 2.75) is 0 Å². The highest BCUT2D eigenvalue weighted by Crippen LogP contribution is 1.34. The molecule has 1 amide bonds. The number of amides is 1. The zero-order valence-corrected chi connectivity index (χ0v) is 2.84. The van der Waals surface area contributed by atoms with Crippen LogP contribution in [0.25, 0.3) is 0 Å². The van der Waals surface area contributed by atoms with Gasteiger partial charge in [-0.25, -0.2) is 4.79 Å². The molecule has 0 rings (SSSR count). The summed E-state index contributed by atoms with van der Waals surface area (Å²) in [6, 6.07) is 0. The lowest BCUT2D eigenvalue weighted by Crippen LogP contribution is -2.03. The number of primary amides is 1. The lowest BCUT2D eigenvalue weighted by atomic mass is 11.3. The van der Waals surface area contributed by atoms with Crippen molar-refractivity contribution in [3.05, 3.63) is 7.43 Å². The number of carboxylic acid groups (broad SMARTS) is 1. The van der Waals surface area contributed by atoms with E-state index in [1.807, 2.05) is 0 Å². The van der Waals surface area contributed by atoms with Gasteiger partial charge in [0, 0.05) is 12.9 Å². The Labute approximate surface area is 35.9 Å². The summed E-state index contributed by atoms with van der Waals surface area (Å²) in [6.45, 7) is 0. The molecule has 0 heterocycles. The maximum absolute atomic E-state index is 8.78. The molecule has 0 bridgehead atoms. The van der Waals surface area contributed by atoms with E-state index in [-0.39, 0.29) is 12.9 Å². The Morgan fingerprint density at radius 1 is 1.67 bits per heavy atom. The summed E-state index contributed by atoms with van der Waals surface area (Å²) in [5.74, 6) is 0. The van der Waals surface area contributed by atoms with Crippen LogP contribution in [0, 0.1) is 7.43 Å². The second-order valence-corrected chi connectivity index (χ2v) is 0.338. The lowest BCUT2D eigenvalue weighted by Gasteiger charge is -1.61.